The van der Waals surface area contributed by atoms with Gasteiger partial charge in [-0.1, -0.05) is 18.2 Å². The van der Waals surface area contributed by atoms with Gasteiger partial charge in [0.25, 0.3) is 0 Å². The largest absolute Gasteiger partial charge is 0.417 e. The number of nitrogens with one attached hydrogen (secondary N) is 2. The lowest BCUT2D eigenvalue weighted by Crippen LogP contribution is -2.24. The summed E-state index contributed by atoms with van der Waals surface area (Å²) in [6, 6.07) is 5.97. The Kier molecular flexibility index (Phi) is 5.35. The van der Waals surface area contributed by atoms with Crippen LogP contribution in [0.4, 0.5) is 23.4 Å². The van der Waals surface area contributed by atoms with E-state index in [1.54, 1.807) is 12.0 Å². The molecule has 11 heteroatoms. The minimum atomic E-state index is -4.66. The van der Waals surface area contributed by atoms with Crippen LogP contribution in [0, 0.1) is 5.82 Å². The van der Waals surface area contributed by atoms with Crippen LogP contribution < -0.4 is 4.90 Å². The van der Waals surface area contributed by atoms with E-state index < -0.39 is 28.9 Å². The summed E-state index contributed by atoms with van der Waals surface area (Å²) < 4.78 is 60.4. The van der Waals surface area contributed by atoms with E-state index in [0.29, 0.717) is 24.3 Å². The maximum absolute atomic E-state index is 15.2. The summed E-state index contributed by atoms with van der Waals surface area (Å²) in [5, 5.41) is 0. The Morgan fingerprint density at radius 1 is 1.26 bits per heavy atom. The van der Waals surface area contributed by atoms with E-state index >= 15 is 4.39 Å². The highest BCUT2D eigenvalue weighted by Crippen LogP contribution is 2.33. The molecule has 7 nitrogen and oxygen atoms in total. The number of aromatic nitrogens is 4. The number of aromatic amines is 2. The molecular weight excluding hydrogens is 454 g/mol. The summed E-state index contributed by atoms with van der Waals surface area (Å²) in [6.45, 7) is 1.12. The summed E-state index contributed by atoms with van der Waals surface area (Å²) in [5.74, 6) is -0.967. The lowest BCUT2D eigenvalue weighted by atomic mass is 9.99. The van der Waals surface area contributed by atoms with Gasteiger partial charge in [0.1, 0.15) is 5.52 Å². The minimum absolute atomic E-state index is 0.00370. The molecule has 1 aromatic carbocycles. The molecule has 0 radical (unpaired) electrons. The monoisotopic (exact) mass is 473 g/mol. The summed E-state index contributed by atoms with van der Waals surface area (Å²) in [6.07, 6.45) is -1.13. The molecule has 0 unspecified atom stereocenters. The van der Waals surface area contributed by atoms with Gasteiger partial charge in [0.15, 0.2) is 23.2 Å². The molecule has 0 bridgehead atoms. The highest BCUT2D eigenvalue weighted by atomic mass is 19.4. The second-order valence-corrected chi connectivity index (χ2v) is 8.01. The van der Waals surface area contributed by atoms with Crippen LogP contribution in [0.2, 0.25) is 0 Å². The third-order valence-electron chi connectivity index (χ3n) is 5.91. The third kappa shape index (κ3) is 3.81. The van der Waals surface area contributed by atoms with Crippen molar-refractivity contribution >= 4 is 22.6 Å². The molecule has 176 valence electrons. The number of pyridine rings is 1. The van der Waals surface area contributed by atoms with E-state index in [1.165, 1.54) is 30.6 Å². The van der Waals surface area contributed by atoms with E-state index in [2.05, 4.69) is 19.9 Å². The molecular formula is C23H19F4N5O2. The second kappa shape index (κ2) is 8.24. The van der Waals surface area contributed by atoms with Crippen LogP contribution in [0.1, 0.15) is 27.9 Å². The first kappa shape index (κ1) is 22.1. The van der Waals surface area contributed by atoms with Crippen molar-refractivity contribution in [1.82, 2.24) is 19.9 Å². The van der Waals surface area contributed by atoms with E-state index in [4.69, 9.17) is 4.74 Å². The standard InChI is InChI=1S/C23H19F4N5O2/c1-34-13-6-7-32(11-13)22-18(24)19-17(10-29-22)30-21(31-19)16-8-12(9-28-16)20(33)14-4-2-3-5-15(14)23(25,26)27/h2-5,8-10,13,28H,6-7,11H2,1H3,(H,30,31)/t13-/m1/s1. The highest BCUT2D eigenvalue weighted by molar-refractivity contribution is 6.10. The van der Waals surface area contributed by atoms with Crippen LogP contribution in [0.5, 0.6) is 0 Å². The smallest absolute Gasteiger partial charge is 0.380 e. The number of halogens is 4. The molecule has 1 saturated heterocycles. The molecule has 34 heavy (non-hydrogen) atoms. The zero-order valence-corrected chi connectivity index (χ0v) is 17.9. The molecule has 1 fully saturated rings. The fourth-order valence-corrected chi connectivity index (χ4v) is 4.14. The summed E-state index contributed by atoms with van der Waals surface area (Å²) >= 11 is 0. The molecule has 3 aromatic heterocycles. The SMILES string of the molecule is CO[C@@H]1CCN(c2ncc3[nH]c(-c4cc(C(=O)c5ccccc5C(F)(F)F)c[nH]4)nc3c2F)C1. The van der Waals surface area contributed by atoms with Crippen molar-refractivity contribution in [2.75, 3.05) is 25.1 Å². The Morgan fingerprint density at radius 3 is 2.79 bits per heavy atom. The van der Waals surface area contributed by atoms with E-state index in [9.17, 15) is 18.0 Å². The predicted molar refractivity (Wildman–Crippen MR) is 116 cm³/mol. The molecule has 5 rings (SSSR count). The molecule has 0 spiro atoms. The third-order valence-corrected chi connectivity index (χ3v) is 5.91. The topological polar surface area (TPSA) is 86.9 Å². The van der Waals surface area contributed by atoms with Crippen molar-refractivity contribution < 1.29 is 27.1 Å². The van der Waals surface area contributed by atoms with Gasteiger partial charge in [0.2, 0.25) is 0 Å². The molecule has 4 heterocycles. The number of carbonyl (C=O) groups is 1. The van der Waals surface area contributed by atoms with Crippen molar-refractivity contribution in [3.05, 3.63) is 65.2 Å². The first-order valence-corrected chi connectivity index (χ1v) is 10.5. The van der Waals surface area contributed by atoms with Gasteiger partial charge in [-0.05, 0) is 18.6 Å². The van der Waals surface area contributed by atoms with Crippen LogP contribution in [0.3, 0.4) is 0 Å². The van der Waals surface area contributed by atoms with Crippen molar-refractivity contribution in [2.45, 2.75) is 18.7 Å². The lowest BCUT2D eigenvalue weighted by Gasteiger charge is -2.17. The normalized spacial score (nSPS) is 16.5. The molecule has 4 aromatic rings. The number of H-pyrrole nitrogens is 2. The van der Waals surface area contributed by atoms with Gasteiger partial charge in [-0.15, -0.1) is 0 Å². The van der Waals surface area contributed by atoms with Crippen LogP contribution in [-0.2, 0) is 10.9 Å². The first-order chi connectivity index (χ1) is 16.3. The molecule has 0 aliphatic carbocycles. The number of methoxy groups -OCH3 is 1. The number of benzene rings is 1. The van der Waals surface area contributed by atoms with Gasteiger partial charge in [-0.3, -0.25) is 4.79 Å². The Labute approximate surface area is 190 Å². The fraction of sp³-hybridized carbons (Fsp3) is 0.261. The lowest BCUT2D eigenvalue weighted by molar-refractivity contribution is -0.137. The van der Waals surface area contributed by atoms with Crippen molar-refractivity contribution in [2.24, 2.45) is 0 Å². The number of carbonyl (C=O) groups excluding carboxylic acids is 1. The Balaban J connectivity index is 1.46. The number of fused-ring (bicyclic) bond motifs is 1. The van der Waals surface area contributed by atoms with Crippen molar-refractivity contribution in [3.63, 3.8) is 0 Å². The van der Waals surface area contributed by atoms with Gasteiger partial charge in [0, 0.05) is 37.5 Å². The zero-order valence-electron chi connectivity index (χ0n) is 17.9. The number of ether oxygens (including phenoxy) is 1. The van der Waals surface area contributed by atoms with Crippen LogP contribution in [0.15, 0.2) is 42.7 Å². The molecule has 1 atom stereocenters. The van der Waals surface area contributed by atoms with Crippen LogP contribution in [-0.4, -0.2) is 52.0 Å². The Hall–Kier alpha value is -3.73. The van der Waals surface area contributed by atoms with E-state index in [-0.39, 0.29) is 28.8 Å². The maximum Gasteiger partial charge on any atom is 0.417 e. The van der Waals surface area contributed by atoms with Gasteiger partial charge in [-0.2, -0.15) is 13.2 Å². The first-order valence-electron chi connectivity index (χ1n) is 10.5. The molecule has 0 amide bonds. The van der Waals surface area contributed by atoms with Crippen LogP contribution >= 0.6 is 0 Å². The molecule has 1 aliphatic heterocycles. The number of imidazole rings is 1. The number of alkyl halides is 3. The van der Waals surface area contributed by atoms with Gasteiger partial charge in [0.05, 0.1) is 29.1 Å². The number of anilines is 1. The minimum Gasteiger partial charge on any atom is -0.380 e. The summed E-state index contributed by atoms with van der Waals surface area (Å²) in [7, 11) is 1.61. The van der Waals surface area contributed by atoms with Gasteiger partial charge >= 0.3 is 6.18 Å². The summed E-state index contributed by atoms with van der Waals surface area (Å²) in [5.41, 5.74) is -0.691. The predicted octanol–water partition coefficient (Wildman–Crippen LogP) is 4.57. The molecule has 1 aliphatic rings. The number of nitrogens with zero attached hydrogens (tertiary/aromatic N) is 3. The number of rotatable bonds is 5. The van der Waals surface area contributed by atoms with Crippen LogP contribution in [0.25, 0.3) is 22.6 Å². The van der Waals surface area contributed by atoms with Crippen molar-refractivity contribution in [1.29, 1.82) is 0 Å². The average Bonchev–Trinajstić information content (AvgIpc) is 3.57. The fourth-order valence-electron chi connectivity index (χ4n) is 4.14. The Morgan fingerprint density at radius 2 is 2.06 bits per heavy atom. The molecule has 0 saturated carbocycles. The maximum atomic E-state index is 15.2. The zero-order chi connectivity index (χ0) is 24.0. The second-order valence-electron chi connectivity index (χ2n) is 8.01. The highest BCUT2D eigenvalue weighted by Gasteiger charge is 2.35. The number of hydrogen-bond donors (Lipinski definition) is 2. The quantitative estimate of drug-likeness (QED) is 0.328. The van der Waals surface area contributed by atoms with Gasteiger partial charge < -0.3 is 19.6 Å². The number of hydrogen-bond acceptors (Lipinski definition) is 5. The van der Waals surface area contributed by atoms with Crippen molar-refractivity contribution in [3.8, 4) is 11.5 Å². The summed E-state index contributed by atoms with van der Waals surface area (Å²) in [4.78, 5) is 28.9. The number of ketones is 1. The molecule has 2 N–H and O–H groups in total. The van der Waals surface area contributed by atoms with E-state index in [1.807, 2.05) is 0 Å². The van der Waals surface area contributed by atoms with Gasteiger partial charge in [-0.25, -0.2) is 14.4 Å². The average molecular weight is 473 g/mol. The van der Waals surface area contributed by atoms with E-state index in [0.717, 1.165) is 18.6 Å². The Bertz CT molecular complexity index is 1380.